The number of nitrogens with one attached hydrogen (secondary N) is 2. The van der Waals surface area contributed by atoms with Crippen molar-refractivity contribution >= 4 is 54.6 Å². The van der Waals surface area contributed by atoms with Gasteiger partial charge in [0.25, 0.3) is 5.91 Å². The van der Waals surface area contributed by atoms with Crippen LogP contribution in [0, 0.1) is 0 Å². The quantitative estimate of drug-likeness (QED) is 0.253. The second-order valence-electron chi connectivity index (χ2n) is 7.52. The molecule has 32 heavy (non-hydrogen) atoms. The predicted molar refractivity (Wildman–Crippen MR) is 137 cm³/mol. The average Bonchev–Trinajstić information content (AvgIpc) is 3.22. The zero-order valence-electron chi connectivity index (χ0n) is 17.8. The summed E-state index contributed by atoms with van der Waals surface area (Å²) >= 11 is 5.02. The lowest BCUT2D eigenvalue weighted by molar-refractivity contribution is 0.103. The van der Waals surface area contributed by atoms with Crippen LogP contribution in [0.2, 0.25) is 0 Å². The topological polar surface area (TPSA) is 76.4 Å². The van der Waals surface area contributed by atoms with Gasteiger partial charge in [-0.2, -0.15) is 0 Å². The number of ether oxygens (including phenoxy) is 1. The minimum atomic E-state index is -0.151. The first-order chi connectivity index (χ1) is 15.4. The van der Waals surface area contributed by atoms with Crippen molar-refractivity contribution in [3.8, 4) is 5.75 Å². The van der Waals surface area contributed by atoms with E-state index in [0.717, 1.165) is 26.9 Å². The van der Waals surface area contributed by atoms with Gasteiger partial charge in [-0.05, 0) is 75.8 Å². The molecule has 1 unspecified atom stereocenters. The van der Waals surface area contributed by atoms with E-state index in [1.165, 1.54) is 22.5 Å². The minimum absolute atomic E-state index is 0.151. The van der Waals surface area contributed by atoms with E-state index in [4.69, 9.17) is 10.5 Å². The maximum Gasteiger partial charge on any atom is 0.265 e. The number of amides is 1. The number of para-hydroxylation sites is 2. The van der Waals surface area contributed by atoms with Crippen molar-refractivity contribution < 1.29 is 9.53 Å². The highest BCUT2D eigenvalue weighted by Crippen LogP contribution is 2.30. The highest BCUT2D eigenvalue weighted by molar-refractivity contribution is 9.10. The summed E-state index contributed by atoms with van der Waals surface area (Å²) in [6, 6.07) is 21.7. The molecule has 0 saturated carbocycles. The summed E-state index contributed by atoms with van der Waals surface area (Å²) in [5.41, 5.74) is 9.45. The van der Waals surface area contributed by atoms with E-state index in [1.54, 1.807) is 19.2 Å². The normalized spacial score (nSPS) is 12.0. The lowest BCUT2D eigenvalue weighted by Gasteiger charge is -2.15. The van der Waals surface area contributed by atoms with E-state index >= 15 is 0 Å². The molecule has 0 aliphatic rings. The Hall–Kier alpha value is -2.87. The zero-order chi connectivity index (χ0) is 22.7. The first kappa shape index (κ1) is 22.3. The van der Waals surface area contributed by atoms with Gasteiger partial charge >= 0.3 is 0 Å². The van der Waals surface area contributed by atoms with Crippen LogP contribution < -0.4 is 21.1 Å². The van der Waals surface area contributed by atoms with Gasteiger partial charge in [0.05, 0.1) is 27.8 Å². The lowest BCUT2D eigenvalue weighted by atomic mass is 10.1. The van der Waals surface area contributed by atoms with Gasteiger partial charge < -0.3 is 21.1 Å². The molecule has 1 aromatic heterocycles. The van der Waals surface area contributed by atoms with Crippen molar-refractivity contribution in [2.75, 3.05) is 18.2 Å². The molecule has 0 aliphatic heterocycles. The van der Waals surface area contributed by atoms with Gasteiger partial charge in [-0.1, -0.05) is 30.3 Å². The van der Waals surface area contributed by atoms with Gasteiger partial charge in [-0.15, -0.1) is 11.3 Å². The van der Waals surface area contributed by atoms with Crippen LogP contribution in [0.15, 0.2) is 71.2 Å². The number of benzene rings is 3. The molecular formula is C25H24BrN3O2S. The first-order valence-corrected chi connectivity index (χ1v) is 11.8. The van der Waals surface area contributed by atoms with E-state index in [0.29, 0.717) is 16.3 Å². The van der Waals surface area contributed by atoms with Crippen LogP contribution in [0.5, 0.6) is 5.75 Å². The molecule has 0 radical (unpaired) electrons. The van der Waals surface area contributed by atoms with Crippen molar-refractivity contribution in [3.05, 3.63) is 87.2 Å². The standard InChI is InChI=1S/C25H24BrN3O2S/c1-15(28-14-16-7-10-22(31-2)19(26)11-16)17-8-9-18-13-24(32-23(18)12-17)25(30)29-21-6-4-3-5-20(21)27/h3-13,15,28H,14,27H2,1-2H3,(H,29,30). The summed E-state index contributed by atoms with van der Waals surface area (Å²) in [5, 5.41) is 7.51. The molecule has 4 aromatic rings. The number of fused-ring (bicyclic) bond motifs is 1. The van der Waals surface area contributed by atoms with E-state index < -0.39 is 0 Å². The Morgan fingerprint density at radius 2 is 1.94 bits per heavy atom. The molecule has 1 amide bonds. The van der Waals surface area contributed by atoms with Crippen LogP contribution in [-0.4, -0.2) is 13.0 Å². The lowest BCUT2D eigenvalue weighted by Crippen LogP contribution is -2.18. The summed E-state index contributed by atoms with van der Waals surface area (Å²) in [5.74, 6) is 0.668. The van der Waals surface area contributed by atoms with Crippen LogP contribution in [0.3, 0.4) is 0 Å². The molecule has 0 bridgehead atoms. The van der Waals surface area contributed by atoms with Crippen LogP contribution in [0.1, 0.15) is 33.8 Å². The Bertz CT molecular complexity index is 1270. The number of thiophene rings is 1. The van der Waals surface area contributed by atoms with Gasteiger partial charge in [-0.25, -0.2) is 0 Å². The fourth-order valence-electron chi connectivity index (χ4n) is 3.43. The summed E-state index contributed by atoms with van der Waals surface area (Å²) < 4.78 is 7.31. The maximum absolute atomic E-state index is 12.7. The smallest absolute Gasteiger partial charge is 0.265 e. The SMILES string of the molecule is COc1ccc(CNC(C)c2ccc3cc(C(=O)Nc4ccccc4N)sc3c2)cc1Br. The van der Waals surface area contributed by atoms with Gasteiger partial charge in [0.2, 0.25) is 0 Å². The zero-order valence-corrected chi connectivity index (χ0v) is 20.2. The van der Waals surface area contributed by atoms with Crippen LogP contribution in [0.25, 0.3) is 10.1 Å². The van der Waals surface area contributed by atoms with Crippen molar-refractivity contribution in [1.82, 2.24) is 5.32 Å². The first-order valence-electron chi connectivity index (χ1n) is 10.2. The number of nitrogens with two attached hydrogens (primary N) is 1. The van der Waals surface area contributed by atoms with Gasteiger partial charge in [0.15, 0.2) is 0 Å². The number of halogens is 1. The van der Waals surface area contributed by atoms with E-state index in [1.807, 2.05) is 24.3 Å². The number of methoxy groups -OCH3 is 1. The number of carbonyl (C=O) groups excluding carboxylic acids is 1. The van der Waals surface area contributed by atoms with E-state index in [2.05, 4.69) is 63.8 Å². The number of anilines is 2. The molecule has 4 N–H and O–H groups in total. The number of rotatable bonds is 7. The van der Waals surface area contributed by atoms with Crippen molar-refractivity contribution in [2.24, 2.45) is 0 Å². The van der Waals surface area contributed by atoms with Gasteiger partial charge in [0, 0.05) is 17.3 Å². The highest BCUT2D eigenvalue weighted by Gasteiger charge is 2.14. The minimum Gasteiger partial charge on any atom is -0.496 e. The van der Waals surface area contributed by atoms with Crippen LogP contribution in [0.4, 0.5) is 11.4 Å². The molecule has 0 spiro atoms. The fourth-order valence-corrected chi connectivity index (χ4v) is 5.03. The van der Waals surface area contributed by atoms with Crippen molar-refractivity contribution in [2.45, 2.75) is 19.5 Å². The Morgan fingerprint density at radius 3 is 2.69 bits per heavy atom. The monoisotopic (exact) mass is 509 g/mol. The summed E-state index contributed by atoms with van der Waals surface area (Å²) in [4.78, 5) is 13.4. The number of hydrogen-bond acceptors (Lipinski definition) is 5. The van der Waals surface area contributed by atoms with E-state index in [9.17, 15) is 4.79 Å². The third-order valence-electron chi connectivity index (χ3n) is 5.31. The van der Waals surface area contributed by atoms with Crippen LogP contribution in [-0.2, 0) is 6.54 Å². The Morgan fingerprint density at radius 1 is 1.12 bits per heavy atom. The Labute approximate surface area is 199 Å². The molecule has 1 heterocycles. The molecule has 164 valence electrons. The van der Waals surface area contributed by atoms with E-state index in [-0.39, 0.29) is 11.9 Å². The van der Waals surface area contributed by atoms with Gasteiger partial charge in [0.1, 0.15) is 5.75 Å². The second kappa shape index (κ2) is 9.73. The molecular weight excluding hydrogens is 486 g/mol. The Balaban J connectivity index is 1.45. The summed E-state index contributed by atoms with van der Waals surface area (Å²) in [7, 11) is 1.66. The number of hydrogen-bond donors (Lipinski definition) is 3. The molecule has 0 saturated heterocycles. The summed E-state index contributed by atoms with van der Waals surface area (Å²) in [6.07, 6.45) is 0. The molecule has 4 rings (SSSR count). The molecule has 0 fully saturated rings. The maximum atomic E-state index is 12.7. The van der Waals surface area contributed by atoms with Crippen molar-refractivity contribution in [3.63, 3.8) is 0 Å². The molecule has 7 heteroatoms. The van der Waals surface area contributed by atoms with Crippen LogP contribution >= 0.6 is 27.3 Å². The second-order valence-corrected chi connectivity index (χ2v) is 9.46. The molecule has 0 aliphatic carbocycles. The number of nitrogen functional groups attached to an aromatic ring is 1. The average molecular weight is 510 g/mol. The Kier molecular flexibility index (Phi) is 6.79. The van der Waals surface area contributed by atoms with Crippen molar-refractivity contribution in [1.29, 1.82) is 0 Å². The third-order valence-corrected chi connectivity index (χ3v) is 7.02. The highest BCUT2D eigenvalue weighted by atomic mass is 79.9. The predicted octanol–water partition coefficient (Wildman–Crippen LogP) is 6.36. The largest absolute Gasteiger partial charge is 0.496 e. The number of carbonyl (C=O) groups is 1. The van der Waals surface area contributed by atoms with Gasteiger partial charge in [-0.3, -0.25) is 4.79 Å². The molecule has 1 atom stereocenters. The third kappa shape index (κ3) is 4.96. The molecule has 3 aromatic carbocycles. The summed E-state index contributed by atoms with van der Waals surface area (Å²) in [6.45, 7) is 2.87. The molecule has 5 nitrogen and oxygen atoms in total. The fraction of sp³-hybridized carbons (Fsp3) is 0.160.